The summed E-state index contributed by atoms with van der Waals surface area (Å²) in [6.45, 7) is 4.12. The molecule has 0 atom stereocenters. The minimum absolute atomic E-state index is 0.160. The number of benzene rings is 2. The van der Waals surface area contributed by atoms with Crippen molar-refractivity contribution in [1.29, 1.82) is 0 Å². The van der Waals surface area contributed by atoms with Crippen LogP contribution >= 0.6 is 0 Å². The maximum Gasteiger partial charge on any atom is 0.261 e. The molecule has 0 bridgehead atoms. The van der Waals surface area contributed by atoms with Gasteiger partial charge in [0.15, 0.2) is 0 Å². The van der Waals surface area contributed by atoms with Crippen molar-refractivity contribution >= 4 is 21.4 Å². The Labute approximate surface area is 119 Å². The predicted molar refractivity (Wildman–Crippen MR) is 82.2 cm³/mol. The molecule has 0 aliphatic carbocycles. The summed E-state index contributed by atoms with van der Waals surface area (Å²) in [4.78, 5) is 0.160. The van der Waals surface area contributed by atoms with Gasteiger partial charge in [-0.3, -0.25) is 4.72 Å². The second-order valence-electron chi connectivity index (χ2n) is 4.96. The van der Waals surface area contributed by atoms with Crippen LogP contribution in [0.25, 0.3) is 0 Å². The molecule has 5 heteroatoms. The molecule has 0 heterocycles. The zero-order valence-electron chi connectivity index (χ0n) is 11.5. The van der Waals surface area contributed by atoms with Crippen LogP contribution in [0.15, 0.2) is 53.4 Å². The summed E-state index contributed by atoms with van der Waals surface area (Å²) in [6, 6.07) is 13.6. The lowest BCUT2D eigenvalue weighted by atomic mass is 10.0. The van der Waals surface area contributed by atoms with Crippen LogP contribution in [0, 0.1) is 0 Å². The smallest absolute Gasteiger partial charge is 0.261 e. The minimum Gasteiger partial charge on any atom is -0.399 e. The van der Waals surface area contributed by atoms with Crippen molar-refractivity contribution in [1.82, 2.24) is 0 Å². The van der Waals surface area contributed by atoms with Crippen LogP contribution in [0.3, 0.4) is 0 Å². The van der Waals surface area contributed by atoms with Crippen molar-refractivity contribution in [3.63, 3.8) is 0 Å². The van der Waals surface area contributed by atoms with Gasteiger partial charge >= 0.3 is 0 Å². The first kappa shape index (κ1) is 14.4. The van der Waals surface area contributed by atoms with Crippen molar-refractivity contribution < 1.29 is 8.42 Å². The van der Waals surface area contributed by atoms with Crippen LogP contribution in [0.4, 0.5) is 11.4 Å². The molecule has 0 spiro atoms. The number of hydrogen-bond acceptors (Lipinski definition) is 3. The SMILES string of the molecule is CC(C)c1cccc(NS(=O)(=O)c2cccc(N)c2)c1. The van der Waals surface area contributed by atoms with Crippen LogP contribution in [-0.4, -0.2) is 8.42 Å². The molecule has 2 aromatic carbocycles. The Bertz CT molecular complexity index is 709. The standard InChI is InChI=1S/C15H18N2O2S/c1-11(2)12-5-3-7-14(9-12)17-20(18,19)15-8-4-6-13(16)10-15/h3-11,17H,16H2,1-2H3. The molecular formula is C15H18N2O2S. The third kappa shape index (κ3) is 3.30. The summed E-state index contributed by atoms with van der Waals surface area (Å²) in [5.74, 6) is 0.340. The molecule has 0 radical (unpaired) electrons. The Morgan fingerprint density at radius 2 is 1.75 bits per heavy atom. The van der Waals surface area contributed by atoms with Gasteiger partial charge in [-0.1, -0.05) is 32.0 Å². The number of nitrogens with two attached hydrogens (primary N) is 1. The van der Waals surface area contributed by atoms with Crippen LogP contribution in [-0.2, 0) is 10.0 Å². The molecule has 20 heavy (non-hydrogen) atoms. The van der Waals surface area contributed by atoms with Crippen molar-refractivity contribution in [3.8, 4) is 0 Å². The molecule has 0 aliphatic rings. The van der Waals surface area contributed by atoms with Crippen molar-refractivity contribution in [3.05, 3.63) is 54.1 Å². The van der Waals surface area contributed by atoms with Gasteiger partial charge in [0.05, 0.1) is 4.90 Å². The van der Waals surface area contributed by atoms with E-state index in [-0.39, 0.29) is 4.90 Å². The third-order valence-electron chi connectivity index (χ3n) is 2.97. The highest BCUT2D eigenvalue weighted by Crippen LogP contribution is 2.22. The summed E-state index contributed by atoms with van der Waals surface area (Å²) in [7, 11) is -3.61. The van der Waals surface area contributed by atoms with Crippen molar-refractivity contribution in [2.75, 3.05) is 10.5 Å². The fourth-order valence-corrected chi connectivity index (χ4v) is 2.96. The van der Waals surface area contributed by atoms with E-state index in [1.165, 1.54) is 12.1 Å². The van der Waals surface area contributed by atoms with Gasteiger partial charge in [0.1, 0.15) is 0 Å². The summed E-state index contributed by atoms with van der Waals surface area (Å²) in [5, 5.41) is 0. The third-order valence-corrected chi connectivity index (χ3v) is 4.35. The van der Waals surface area contributed by atoms with Gasteiger partial charge in [-0.2, -0.15) is 0 Å². The van der Waals surface area contributed by atoms with Crippen LogP contribution in [0.1, 0.15) is 25.3 Å². The molecule has 3 N–H and O–H groups in total. The molecule has 0 fully saturated rings. The maximum absolute atomic E-state index is 12.3. The maximum atomic E-state index is 12.3. The molecule has 0 saturated carbocycles. The quantitative estimate of drug-likeness (QED) is 0.849. The Kier molecular flexibility index (Phi) is 3.99. The zero-order valence-corrected chi connectivity index (χ0v) is 12.3. The molecule has 0 aromatic heterocycles. The molecule has 0 amide bonds. The van der Waals surface area contributed by atoms with Crippen molar-refractivity contribution in [2.45, 2.75) is 24.7 Å². The Hall–Kier alpha value is -2.01. The lowest BCUT2D eigenvalue weighted by molar-refractivity contribution is 0.601. The lowest BCUT2D eigenvalue weighted by Gasteiger charge is -2.11. The number of nitrogen functional groups attached to an aromatic ring is 1. The van der Waals surface area contributed by atoms with E-state index in [2.05, 4.69) is 18.6 Å². The van der Waals surface area contributed by atoms with E-state index >= 15 is 0 Å². The monoisotopic (exact) mass is 290 g/mol. The van der Waals surface area contributed by atoms with E-state index in [0.717, 1.165) is 5.56 Å². The first-order chi connectivity index (χ1) is 9.38. The van der Waals surface area contributed by atoms with Gasteiger partial charge in [-0.15, -0.1) is 0 Å². The highest BCUT2D eigenvalue weighted by Gasteiger charge is 2.14. The number of rotatable bonds is 4. The minimum atomic E-state index is -3.61. The highest BCUT2D eigenvalue weighted by molar-refractivity contribution is 7.92. The van der Waals surface area contributed by atoms with E-state index in [0.29, 0.717) is 17.3 Å². The molecule has 0 saturated heterocycles. The second kappa shape index (κ2) is 5.54. The summed E-state index contributed by atoms with van der Waals surface area (Å²) in [5.41, 5.74) is 7.68. The summed E-state index contributed by atoms with van der Waals surface area (Å²) in [6.07, 6.45) is 0. The predicted octanol–water partition coefficient (Wildman–Crippen LogP) is 3.19. The van der Waals surface area contributed by atoms with E-state index in [1.54, 1.807) is 18.2 Å². The molecule has 2 rings (SSSR count). The van der Waals surface area contributed by atoms with E-state index in [1.807, 2.05) is 18.2 Å². The number of sulfonamides is 1. The van der Waals surface area contributed by atoms with E-state index in [4.69, 9.17) is 5.73 Å². The van der Waals surface area contributed by atoms with Crippen LogP contribution < -0.4 is 10.5 Å². The average Bonchev–Trinajstić information content (AvgIpc) is 2.38. The van der Waals surface area contributed by atoms with Gasteiger partial charge in [0.2, 0.25) is 0 Å². The first-order valence-electron chi connectivity index (χ1n) is 6.37. The second-order valence-corrected chi connectivity index (χ2v) is 6.64. The van der Waals surface area contributed by atoms with E-state index in [9.17, 15) is 8.42 Å². The topological polar surface area (TPSA) is 72.2 Å². The number of hydrogen-bond donors (Lipinski definition) is 2. The molecule has 0 unspecified atom stereocenters. The van der Waals surface area contributed by atoms with Crippen LogP contribution in [0.2, 0.25) is 0 Å². The molecule has 2 aromatic rings. The van der Waals surface area contributed by atoms with Gasteiger partial charge in [0.25, 0.3) is 10.0 Å². The molecule has 4 nitrogen and oxygen atoms in total. The molecular weight excluding hydrogens is 272 g/mol. The van der Waals surface area contributed by atoms with Gasteiger partial charge in [-0.05, 0) is 41.8 Å². The number of anilines is 2. The lowest BCUT2D eigenvalue weighted by Crippen LogP contribution is -2.13. The first-order valence-corrected chi connectivity index (χ1v) is 7.85. The van der Waals surface area contributed by atoms with Gasteiger partial charge in [0, 0.05) is 11.4 Å². The average molecular weight is 290 g/mol. The van der Waals surface area contributed by atoms with E-state index < -0.39 is 10.0 Å². The normalized spacial score (nSPS) is 11.6. The van der Waals surface area contributed by atoms with Crippen molar-refractivity contribution in [2.24, 2.45) is 0 Å². The van der Waals surface area contributed by atoms with Gasteiger partial charge in [-0.25, -0.2) is 8.42 Å². The summed E-state index contributed by atoms with van der Waals surface area (Å²) >= 11 is 0. The van der Waals surface area contributed by atoms with Gasteiger partial charge < -0.3 is 5.73 Å². The van der Waals surface area contributed by atoms with Crippen LogP contribution in [0.5, 0.6) is 0 Å². The Balaban J connectivity index is 2.31. The Morgan fingerprint density at radius 3 is 2.40 bits per heavy atom. The molecule has 0 aliphatic heterocycles. The zero-order chi connectivity index (χ0) is 14.8. The fraction of sp³-hybridized carbons (Fsp3) is 0.200. The Morgan fingerprint density at radius 1 is 1.05 bits per heavy atom. The highest BCUT2D eigenvalue weighted by atomic mass is 32.2. The number of nitrogens with one attached hydrogen (secondary N) is 1. The summed E-state index contributed by atoms with van der Waals surface area (Å²) < 4.78 is 27.1. The largest absolute Gasteiger partial charge is 0.399 e. The molecule has 106 valence electrons. The fourth-order valence-electron chi connectivity index (χ4n) is 1.86.